The van der Waals surface area contributed by atoms with Gasteiger partial charge in [-0.3, -0.25) is 4.79 Å². The molecule has 30 heavy (non-hydrogen) atoms. The Kier molecular flexibility index (Phi) is 5.52. The lowest BCUT2D eigenvalue weighted by Crippen LogP contribution is -2.35. The van der Waals surface area contributed by atoms with E-state index in [-0.39, 0.29) is 11.7 Å². The minimum Gasteiger partial charge on any atom is -0.466 e. The van der Waals surface area contributed by atoms with E-state index >= 15 is 0 Å². The van der Waals surface area contributed by atoms with E-state index in [4.69, 9.17) is 4.74 Å². The number of thiophene rings is 1. The monoisotopic (exact) mass is 422 g/mol. The first-order valence-electron chi connectivity index (χ1n) is 10.0. The Morgan fingerprint density at radius 3 is 2.50 bits per heavy atom. The second kappa shape index (κ2) is 8.11. The van der Waals surface area contributed by atoms with E-state index in [1.807, 2.05) is 61.6 Å². The van der Waals surface area contributed by atoms with Gasteiger partial charge in [0.25, 0.3) is 0 Å². The molecule has 0 spiro atoms. The predicted molar refractivity (Wildman–Crippen MR) is 120 cm³/mol. The number of hydrogen-bond donors (Lipinski definition) is 1. The molecule has 0 bridgehead atoms. The molecule has 1 aromatic carbocycles. The molecule has 1 aromatic heterocycles. The van der Waals surface area contributed by atoms with E-state index in [0.717, 1.165) is 29.1 Å². The molecule has 2 aliphatic rings. The molecule has 0 saturated heterocycles. The van der Waals surface area contributed by atoms with Gasteiger partial charge in [-0.25, -0.2) is 4.79 Å². The number of hydrogen-bond acceptors (Lipinski definition) is 6. The number of methoxy groups -OCH3 is 1. The molecule has 4 rings (SSSR count). The van der Waals surface area contributed by atoms with Crippen molar-refractivity contribution in [1.29, 1.82) is 0 Å². The number of nitrogens with zero attached hydrogens (tertiary/aromatic N) is 1. The topological polar surface area (TPSA) is 58.6 Å². The second-order valence-electron chi connectivity index (χ2n) is 8.01. The van der Waals surface area contributed by atoms with Gasteiger partial charge in [-0.2, -0.15) is 0 Å². The zero-order valence-electron chi connectivity index (χ0n) is 17.7. The number of allylic oxidation sites excluding steroid dienone is 3. The summed E-state index contributed by atoms with van der Waals surface area (Å²) in [5.41, 5.74) is 4.88. The zero-order chi connectivity index (χ0) is 21.4. The SMILES string of the molecule is COC(=O)C1=C(C)NC2=C(C(=O)C[C@@H](c3cccs3)C2)[C@H]1c1ccc(N(C)C)cc1. The number of benzene rings is 1. The lowest BCUT2D eigenvalue weighted by Gasteiger charge is -2.36. The van der Waals surface area contributed by atoms with Crippen LogP contribution in [0.15, 0.2) is 64.3 Å². The lowest BCUT2D eigenvalue weighted by atomic mass is 9.72. The molecular formula is C24H26N2O3S. The summed E-state index contributed by atoms with van der Waals surface area (Å²) in [6, 6.07) is 12.2. The van der Waals surface area contributed by atoms with Crippen molar-refractivity contribution in [2.45, 2.75) is 31.6 Å². The largest absolute Gasteiger partial charge is 0.466 e. The molecule has 2 heterocycles. The summed E-state index contributed by atoms with van der Waals surface area (Å²) in [5, 5.41) is 5.42. The van der Waals surface area contributed by atoms with Crippen molar-refractivity contribution >= 4 is 28.8 Å². The van der Waals surface area contributed by atoms with Crippen LogP contribution in [-0.2, 0) is 14.3 Å². The van der Waals surface area contributed by atoms with Crippen molar-refractivity contribution < 1.29 is 14.3 Å². The normalized spacial score (nSPS) is 21.3. The standard InChI is InChI=1S/C24H26N2O3S/c1-14-21(24(28)29-4)22(15-7-9-17(10-8-15)26(2)3)23-18(25-14)12-16(13-19(23)27)20-6-5-11-30-20/h5-11,16,22,25H,12-13H2,1-4H3/t16-,22-/m0/s1. The van der Waals surface area contributed by atoms with Gasteiger partial charge in [-0.15, -0.1) is 11.3 Å². The third kappa shape index (κ3) is 3.56. The number of dihydropyridines is 1. The lowest BCUT2D eigenvalue weighted by molar-refractivity contribution is -0.136. The highest BCUT2D eigenvalue weighted by molar-refractivity contribution is 7.10. The summed E-state index contributed by atoms with van der Waals surface area (Å²) in [7, 11) is 5.35. The number of carbonyl (C=O) groups is 2. The first-order valence-corrected chi connectivity index (χ1v) is 10.9. The van der Waals surface area contributed by atoms with Gasteiger partial charge in [0.1, 0.15) is 0 Å². The van der Waals surface area contributed by atoms with Gasteiger partial charge >= 0.3 is 5.97 Å². The van der Waals surface area contributed by atoms with Crippen LogP contribution in [0.1, 0.15) is 42.0 Å². The summed E-state index contributed by atoms with van der Waals surface area (Å²) >= 11 is 1.69. The highest BCUT2D eigenvalue weighted by Gasteiger charge is 2.41. The van der Waals surface area contributed by atoms with E-state index < -0.39 is 11.9 Å². The van der Waals surface area contributed by atoms with E-state index in [9.17, 15) is 9.59 Å². The third-order valence-corrected chi connectivity index (χ3v) is 6.96. The molecule has 2 aromatic rings. The quantitative estimate of drug-likeness (QED) is 0.743. The fourth-order valence-electron chi connectivity index (χ4n) is 4.44. The van der Waals surface area contributed by atoms with Gasteiger partial charge in [-0.05, 0) is 42.5 Å². The van der Waals surface area contributed by atoms with E-state index in [1.165, 1.54) is 12.0 Å². The zero-order valence-corrected chi connectivity index (χ0v) is 18.5. The van der Waals surface area contributed by atoms with Gasteiger partial charge < -0.3 is 15.0 Å². The Morgan fingerprint density at radius 1 is 1.17 bits per heavy atom. The Hall–Kier alpha value is -2.86. The first kappa shape index (κ1) is 20.4. The fourth-order valence-corrected chi connectivity index (χ4v) is 5.27. The van der Waals surface area contributed by atoms with Gasteiger partial charge in [0, 0.05) is 59.9 Å². The van der Waals surface area contributed by atoms with Crippen molar-refractivity contribution in [2.75, 3.05) is 26.1 Å². The fraction of sp³-hybridized carbons (Fsp3) is 0.333. The van der Waals surface area contributed by atoms with Crippen molar-refractivity contribution in [3.8, 4) is 0 Å². The highest BCUT2D eigenvalue weighted by Crippen LogP contribution is 2.46. The van der Waals surface area contributed by atoms with E-state index in [1.54, 1.807) is 11.3 Å². The van der Waals surface area contributed by atoms with Crippen molar-refractivity contribution in [2.24, 2.45) is 0 Å². The first-order chi connectivity index (χ1) is 14.4. The molecular weight excluding hydrogens is 396 g/mol. The number of rotatable bonds is 4. The molecule has 156 valence electrons. The maximum atomic E-state index is 13.4. The Bertz CT molecular complexity index is 1030. The number of carbonyl (C=O) groups excluding carboxylic acids is 2. The number of esters is 1. The average molecular weight is 423 g/mol. The van der Waals surface area contributed by atoms with Crippen LogP contribution in [0.25, 0.3) is 0 Å². The smallest absolute Gasteiger partial charge is 0.336 e. The molecule has 0 fully saturated rings. The van der Waals surface area contributed by atoms with Crippen molar-refractivity contribution in [3.05, 3.63) is 74.8 Å². The summed E-state index contributed by atoms with van der Waals surface area (Å²) in [6.45, 7) is 1.89. The van der Waals surface area contributed by atoms with E-state index in [2.05, 4.69) is 11.4 Å². The summed E-state index contributed by atoms with van der Waals surface area (Å²) < 4.78 is 5.09. The molecule has 1 aliphatic heterocycles. The van der Waals surface area contributed by atoms with Crippen LogP contribution in [0.2, 0.25) is 0 Å². The Morgan fingerprint density at radius 2 is 1.90 bits per heavy atom. The summed E-state index contributed by atoms with van der Waals surface area (Å²) in [5.74, 6) is -0.547. The third-order valence-electron chi connectivity index (χ3n) is 5.92. The van der Waals surface area contributed by atoms with Crippen LogP contribution in [-0.4, -0.2) is 33.0 Å². The Labute approximate surface area is 181 Å². The number of ether oxygens (including phenoxy) is 1. The molecule has 2 atom stereocenters. The summed E-state index contributed by atoms with van der Waals surface area (Å²) in [4.78, 5) is 29.3. The summed E-state index contributed by atoms with van der Waals surface area (Å²) in [6.07, 6.45) is 1.22. The molecule has 0 saturated carbocycles. The van der Waals surface area contributed by atoms with Gasteiger partial charge in [0.2, 0.25) is 0 Å². The molecule has 0 radical (unpaired) electrons. The predicted octanol–water partition coefficient (Wildman–Crippen LogP) is 4.35. The van der Waals surface area contributed by atoms with E-state index in [0.29, 0.717) is 17.6 Å². The molecule has 6 heteroatoms. The van der Waals surface area contributed by atoms with Crippen LogP contribution < -0.4 is 10.2 Å². The molecule has 0 unspecified atom stereocenters. The second-order valence-corrected chi connectivity index (χ2v) is 8.99. The minimum absolute atomic E-state index is 0.0951. The van der Waals surface area contributed by atoms with Crippen LogP contribution in [0.3, 0.4) is 0 Å². The maximum Gasteiger partial charge on any atom is 0.336 e. The van der Waals surface area contributed by atoms with Gasteiger partial charge in [0.05, 0.1) is 12.7 Å². The number of ketones is 1. The maximum absolute atomic E-state index is 13.4. The number of nitrogens with one attached hydrogen (secondary N) is 1. The molecule has 1 aliphatic carbocycles. The number of Topliss-reactive ketones (excluding diaryl/α,β-unsaturated/α-hetero) is 1. The van der Waals surface area contributed by atoms with Crippen LogP contribution in [0.4, 0.5) is 5.69 Å². The van der Waals surface area contributed by atoms with Crippen LogP contribution in [0.5, 0.6) is 0 Å². The Balaban J connectivity index is 1.80. The van der Waals surface area contributed by atoms with Crippen molar-refractivity contribution in [3.63, 3.8) is 0 Å². The molecule has 5 nitrogen and oxygen atoms in total. The number of anilines is 1. The highest BCUT2D eigenvalue weighted by atomic mass is 32.1. The van der Waals surface area contributed by atoms with Gasteiger partial charge in [0.15, 0.2) is 5.78 Å². The van der Waals surface area contributed by atoms with Gasteiger partial charge in [-0.1, -0.05) is 18.2 Å². The van der Waals surface area contributed by atoms with Crippen LogP contribution >= 0.6 is 11.3 Å². The minimum atomic E-state index is -0.415. The van der Waals surface area contributed by atoms with Crippen LogP contribution in [0, 0.1) is 0 Å². The average Bonchev–Trinajstić information content (AvgIpc) is 3.27. The molecule has 0 amide bonds. The molecule has 1 N–H and O–H groups in total. The van der Waals surface area contributed by atoms with Crippen molar-refractivity contribution in [1.82, 2.24) is 5.32 Å².